The Morgan fingerprint density at radius 2 is 2.27 bits per heavy atom. The molecule has 0 radical (unpaired) electrons. The van der Waals surface area contributed by atoms with Crippen molar-refractivity contribution < 1.29 is 19.2 Å². The van der Waals surface area contributed by atoms with Crippen molar-refractivity contribution >= 4 is 11.7 Å². The first-order valence-electron chi connectivity index (χ1n) is 3.66. The highest BCUT2D eigenvalue weighted by atomic mass is 19.1. The van der Waals surface area contributed by atoms with E-state index in [1.165, 1.54) is 0 Å². The first-order valence-corrected chi connectivity index (χ1v) is 3.66. The zero-order valence-electron chi connectivity index (χ0n) is 7.16. The summed E-state index contributed by atoms with van der Waals surface area (Å²) < 4.78 is 13.3. The van der Waals surface area contributed by atoms with Crippen molar-refractivity contribution in [1.82, 2.24) is 4.57 Å². The van der Waals surface area contributed by atoms with Crippen LogP contribution in [0.15, 0.2) is 23.3 Å². The summed E-state index contributed by atoms with van der Waals surface area (Å²) in [4.78, 5) is 30.4. The molecule has 0 spiro atoms. The van der Waals surface area contributed by atoms with Gasteiger partial charge < -0.3 is 9.67 Å². The number of rotatable bonds is 3. The summed E-state index contributed by atoms with van der Waals surface area (Å²) in [5.74, 6) is -1.80. The fraction of sp³-hybridized carbons (Fsp3) is 0.143. The first kappa shape index (κ1) is 10.8. The molecule has 8 heteroatoms. The Labute approximate surface area is 81.5 Å². The van der Waals surface area contributed by atoms with E-state index in [0.29, 0.717) is 10.8 Å². The number of carboxylic acid groups (broad SMARTS) is 1. The number of nitro groups is 1. The van der Waals surface area contributed by atoms with Crippen LogP contribution < -0.4 is 5.43 Å². The van der Waals surface area contributed by atoms with E-state index in [-0.39, 0.29) is 0 Å². The van der Waals surface area contributed by atoms with Crippen LogP contribution in [0.3, 0.4) is 0 Å². The van der Waals surface area contributed by atoms with Crippen LogP contribution in [0, 0.1) is 10.1 Å². The second-order valence-corrected chi connectivity index (χ2v) is 2.57. The van der Waals surface area contributed by atoms with Gasteiger partial charge in [-0.2, -0.15) is 0 Å². The lowest BCUT2D eigenvalue weighted by atomic mass is 10.4. The van der Waals surface area contributed by atoms with E-state index < -0.39 is 28.3 Å². The van der Waals surface area contributed by atoms with Crippen molar-refractivity contribution in [3.63, 3.8) is 0 Å². The zero-order valence-corrected chi connectivity index (χ0v) is 7.16. The molecule has 0 saturated heterocycles. The van der Waals surface area contributed by atoms with Gasteiger partial charge in [0.1, 0.15) is 0 Å². The third-order valence-electron chi connectivity index (χ3n) is 1.58. The molecule has 0 aliphatic carbocycles. The van der Waals surface area contributed by atoms with Gasteiger partial charge in [-0.05, 0) is 0 Å². The lowest BCUT2D eigenvalue weighted by Crippen LogP contribution is -2.17. The van der Waals surface area contributed by atoms with Crippen LogP contribution in [-0.2, 0) is 4.79 Å². The van der Waals surface area contributed by atoms with Gasteiger partial charge in [0.15, 0.2) is 0 Å². The van der Waals surface area contributed by atoms with Gasteiger partial charge in [0, 0.05) is 12.3 Å². The molecule has 0 aliphatic heterocycles. The van der Waals surface area contributed by atoms with Gasteiger partial charge in [-0.1, -0.05) is 0 Å². The standard InChI is InChI=1S/C7H5FN2O5/c8-6(7(12)13)9-2-1-5(11)4(3-9)10(14)15/h1-3,6H,(H,12,13). The van der Waals surface area contributed by atoms with E-state index in [1.54, 1.807) is 0 Å². The Hall–Kier alpha value is -2.25. The maximum atomic E-state index is 12.9. The van der Waals surface area contributed by atoms with Gasteiger partial charge >= 0.3 is 11.7 Å². The SMILES string of the molecule is O=C(O)C(F)n1ccc(=O)c([N+](=O)[O-])c1. The van der Waals surface area contributed by atoms with Crippen molar-refractivity contribution in [1.29, 1.82) is 0 Å². The number of halogens is 1. The van der Waals surface area contributed by atoms with Crippen molar-refractivity contribution in [3.8, 4) is 0 Å². The fourth-order valence-corrected chi connectivity index (χ4v) is 0.893. The van der Waals surface area contributed by atoms with Gasteiger partial charge in [-0.25, -0.2) is 9.18 Å². The summed E-state index contributed by atoms with van der Waals surface area (Å²) in [7, 11) is 0. The fourth-order valence-electron chi connectivity index (χ4n) is 0.893. The second-order valence-electron chi connectivity index (χ2n) is 2.57. The van der Waals surface area contributed by atoms with Crippen LogP contribution >= 0.6 is 0 Å². The van der Waals surface area contributed by atoms with E-state index in [1.807, 2.05) is 0 Å². The number of carboxylic acids is 1. The van der Waals surface area contributed by atoms with Crippen LogP contribution in [0.5, 0.6) is 0 Å². The van der Waals surface area contributed by atoms with Gasteiger partial charge in [-0.15, -0.1) is 0 Å². The van der Waals surface area contributed by atoms with Crippen LogP contribution in [0.25, 0.3) is 0 Å². The normalized spacial score (nSPS) is 12.1. The number of hydrogen-bond donors (Lipinski definition) is 1. The molecule has 0 bridgehead atoms. The Bertz CT molecular complexity index is 469. The first-order chi connectivity index (χ1) is 6.93. The molecule has 1 unspecified atom stereocenters. The average Bonchev–Trinajstić information content (AvgIpc) is 2.16. The molecule has 1 aromatic heterocycles. The van der Waals surface area contributed by atoms with E-state index in [2.05, 4.69) is 0 Å². The third kappa shape index (κ3) is 2.16. The maximum Gasteiger partial charge on any atom is 0.359 e. The van der Waals surface area contributed by atoms with Crippen LogP contribution in [0.2, 0.25) is 0 Å². The minimum atomic E-state index is -2.45. The monoisotopic (exact) mass is 216 g/mol. The van der Waals surface area contributed by atoms with Gasteiger partial charge in [-0.3, -0.25) is 14.9 Å². The summed E-state index contributed by atoms with van der Waals surface area (Å²) >= 11 is 0. The molecule has 1 aromatic rings. The van der Waals surface area contributed by atoms with Crippen LogP contribution in [0.1, 0.15) is 6.30 Å². The highest BCUT2D eigenvalue weighted by Gasteiger charge is 2.20. The molecular formula is C7H5FN2O5. The molecule has 1 atom stereocenters. The number of pyridine rings is 1. The molecule has 0 aromatic carbocycles. The summed E-state index contributed by atoms with van der Waals surface area (Å²) in [6.07, 6.45) is -1.08. The lowest BCUT2D eigenvalue weighted by Gasteiger charge is -2.06. The average molecular weight is 216 g/mol. The molecule has 1 heterocycles. The number of aromatic nitrogens is 1. The molecule has 1 N–H and O–H groups in total. The quantitative estimate of drug-likeness (QED) is 0.578. The molecule has 7 nitrogen and oxygen atoms in total. The molecule has 0 fully saturated rings. The smallest absolute Gasteiger partial charge is 0.359 e. The minimum absolute atomic E-state index is 0.432. The molecule has 80 valence electrons. The summed E-state index contributed by atoms with van der Waals surface area (Å²) in [5, 5.41) is 18.6. The highest BCUT2D eigenvalue weighted by molar-refractivity contribution is 5.70. The van der Waals surface area contributed by atoms with Gasteiger partial charge in [0.2, 0.25) is 0 Å². The number of carbonyl (C=O) groups is 1. The Morgan fingerprint density at radius 1 is 1.67 bits per heavy atom. The topological polar surface area (TPSA) is 102 Å². The maximum absolute atomic E-state index is 12.9. The zero-order chi connectivity index (χ0) is 11.6. The lowest BCUT2D eigenvalue weighted by molar-refractivity contribution is -0.386. The number of hydrogen-bond acceptors (Lipinski definition) is 4. The van der Waals surface area contributed by atoms with Gasteiger partial charge in [0.25, 0.3) is 11.7 Å². The van der Waals surface area contributed by atoms with E-state index in [4.69, 9.17) is 5.11 Å². The number of alkyl halides is 1. The van der Waals surface area contributed by atoms with Crippen LogP contribution in [0.4, 0.5) is 10.1 Å². The van der Waals surface area contributed by atoms with Gasteiger partial charge in [0.05, 0.1) is 11.1 Å². The van der Waals surface area contributed by atoms with Crippen LogP contribution in [-0.4, -0.2) is 20.6 Å². The highest BCUT2D eigenvalue weighted by Crippen LogP contribution is 2.11. The van der Waals surface area contributed by atoms with Crippen molar-refractivity contribution in [2.75, 3.05) is 0 Å². The molecule has 0 amide bonds. The predicted molar refractivity (Wildman–Crippen MR) is 45.1 cm³/mol. The number of nitrogens with zero attached hydrogens (tertiary/aromatic N) is 2. The van der Waals surface area contributed by atoms with Crippen molar-refractivity contribution in [2.45, 2.75) is 6.30 Å². The van der Waals surface area contributed by atoms with E-state index in [9.17, 15) is 24.1 Å². The van der Waals surface area contributed by atoms with Crippen molar-refractivity contribution in [3.05, 3.63) is 38.8 Å². The largest absolute Gasteiger partial charge is 0.478 e. The Morgan fingerprint density at radius 3 is 2.73 bits per heavy atom. The molecular weight excluding hydrogens is 211 g/mol. The van der Waals surface area contributed by atoms with E-state index >= 15 is 0 Å². The minimum Gasteiger partial charge on any atom is -0.478 e. The summed E-state index contributed by atoms with van der Waals surface area (Å²) in [6, 6.07) is 0.730. The Kier molecular flexibility index (Phi) is 2.79. The molecule has 1 rings (SSSR count). The summed E-state index contributed by atoms with van der Waals surface area (Å²) in [5.41, 5.74) is -1.78. The number of aliphatic carboxylic acids is 1. The Balaban J connectivity index is 3.25. The summed E-state index contributed by atoms with van der Waals surface area (Å²) in [6.45, 7) is 0. The molecule has 0 saturated carbocycles. The van der Waals surface area contributed by atoms with E-state index in [0.717, 1.165) is 12.3 Å². The second kappa shape index (κ2) is 3.86. The predicted octanol–water partition coefficient (Wildman–Crippen LogP) is 0.309. The third-order valence-corrected chi connectivity index (χ3v) is 1.58. The molecule has 15 heavy (non-hydrogen) atoms. The molecule has 0 aliphatic rings. The van der Waals surface area contributed by atoms with Crippen molar-refractivity contribution in [2.24, 2.45) is 0 Å².